The molecule has 9 rings (SSSR count). The largest absolute Gasteiger partial charge is 0.458 e. The van der Waals surface area contributed by atoms with Crippen molar-refractivity contribution in [3.63, 3.8) is 0 Å². The predicted molar refractivity (Wildman–Crippen MR) is 297 cm³/mol. The van der Waals surface area contributed by atoms with Gasteiger partial charge in [0.05, 0.1) is 33.8 Å². The molecule has 0 aliphatic heterocycles. The van der Waals surface area contributed by atoms with Gasteiger partial charge in [-0.2, -0.15) is 0 Å². The van der Waals surface area contributed by atoms with E-state index in [1.165, 1.54) is 44.3 Å². The number of imidazole rings is 1. The zero-order chi connectivity index (χ0) is 51.1. The molecule has 71 heavy (non-hydrogen) atoms. The van der Waals surface area contributed by atoms with E-state index in [9.17, 15) is 0 Å². The smallest absolute Gasteiger partial charge is 0.269 e. The Labute approximate surface area is 424 Å². The molecule has 3 heterocycles. The highest BCUT2D eigenvalue weighted by Gasteiger charge is 2.40. The van der Waals surface area contributed by atoms with Crippen molar-refractivity contribution < 1.29 is 9.30 Å². The number of hydrogen-bond acceptors (Lipinski definition) is 2. The van der Waals surface area contributed by atoms with Crippen molar-refractivity contribution in [3.05, 3.63) is 209 Å². The van der Waals surface area contributed by atoms with Crippen LogP contribution in [0.1, 0.15) is 156 Å². The molecule has 0 bridgehead atoms. The normalized spacial score (nSPS) is 13.1. The second-order valence-corrected chi connectivity index (χ2v) is 24.9. The highest BCUT2D eigenvalue weighted by molar-refractivity contribution is 6.11. The zero-order valence-corrected chi connectivity index (χ0v) is 45.2. The summed E-state index contributed by atoms with van der Waals surface area (Å²) < 4.78 is 14.4. The second-order valence-electron chi connectivity index (χ2n) is 24.9. The fourth-order valence-electron chi connectivity index (χ4n) is 10.3. The van der Waals surface area contributed by atoms with Crippen LogP contribution < -0.4 is 9.30 Å². The Hall–Kier alpha value is -6.72. The summed E-state index contributed by atoms with van der Waals surface area (Å²) in [5.74, 6) is 2.43. The first-order chi connectivity index (χ1) is 33.2. The molecule has 0 spiro atoms. The van der Waals surface area contributed by atoms with Crippen LogP contribution in [0.3, 0.4) is 0 Å². The average Bonchev–Trinajstić information content (AvgIpc) is 3.89. The highest BCUT2D eigenvalue weighted by Crippen LogP contribution is 2.45. The summed E-state index contributed by atoms with van der Waals surface area (Å²) in [5.41, 5.74) is 12.4. The number of fused-ring (bicyclic) bond motifs is 3. The Bertz CT molecular complexity index is 3410. The van der Waals surface area contributed by atoms with E-state index in [0.29, 0.717) is 0 Å². The van der Waals surface area contributed by atoms with Crippen LogP contribution in [0.5, 0.6) is 11.5 Å². The number of ether oxygens (including phenoxy) is 1. The van der Waals surface area contributed by atoms with E-state index >= 15 is 0 Å². The van der Waals surface area contributed by atoms with Gasteiger partial charge < -0.3 is 4.74 Å². The third kappa shape index (κ3) is 9.25. The van der Waals surface area contributed by atoms with E-state index in [0.717, 1.165) is 51.0 Å². The molecule has 0 radical (unpaired) electrons. The average molecular weight is 939 g/mol. The molecular formula is C66H74N4O. The maximum Gasteiger partial charge on any atom is 0.269 e. The minimum Gasteiger partial charge on any atom is -0.458 e. The van der Waals surface area contributed by atoms with E-state index in [1.54, 1.807) is 0 Å². The molecule has 0 aliphatic carbocycles. The summed E-state index contributed by atoms with van der Waals surface area (Å²) in [6.07, 6.45) is 6.01. The molecule has 5 heteroatoms. The van der Waals surface area contributed by atoms with E-state index in [2.05, 4.69) is 282 Å². The molecule has 0 atom stereocenters. The van der Waals surface area contributed by atoms with Crippen molar-refractivity contribution in [2.24, 2.45) is 0 Å². The lowest BCUT2D eigenvalue weighted by Crippen LogP contribution is -2.43. The molecule has 6 aromatic carbocycles. The topological polar surface area (TPSA) is 35.9 Å². The summed E-state index contributed by atoms with van der Waals surface area (Å²) in [6.45, 7) is 36.8. The minimum atomic E-state index is -0.483. The molecule has 0 saturated heterocycles. The van der Waals surface area contributed by atoms with E-state index in [-0.39, 0.29) is 21.7 Å². The second kappa shape index (κ2) is 17.5. The van der Waals surface area contributed by atoms with Crippen molar-refractivity contribution in [2.45, 2.75) is 143 Å². The Morgan fingerprint density at radius 1 is 0.465 bits per heavy atom. The van der Waals surface area contributed by atoms with Crippen LogP contribution in [-0.2, 0) is 32.5 Å². The van der Waals surface area contributed by atoms with Gasteiger partial charge in [0, 0.05) is 33.9 Å². The zero-order valence-electron chi connectivity index (χ0n) is 45.2. The monoisotopic (exact) mass is 939 g/mol. The quantitative estimate of drug-likeness (QED) is 0.107. The number of pyridine rings is 1. The lowest BCUT2D eigenvalue weighted by Gasteiger charge is -2.35. The van der Waals surface area contributed by atoms with Crippen LogP contribution in [-0.4, -0.2) is 14.1 Å². The lowest BCUT2D eigenvalue weighted by atomic mass is 9.73. The molecule has 364 valence electrons. The van der Waals surface area contributed by atoms with Gasteiger partial charge in [-0.1, -0.05) is 202 Å². The Morgan fingerprint density at radius 3 is 1.65 bits per heavy atom. The number of benzene rings is 6. The van der Waals surface area contributed by atoms with Gasteiger partial charge in [-0.15, -0.1) is 0 Å². The van der Waals surface area contributed by atoms with Crippen LogP contribution in [0.25, 0.3) is 39.0 Å². The number of rotatable bonds is 9. The third-order valence-electron chi connectivity index (χ3n) is 14.7. The molecule has 0 saturated carbocycles. The molecule has 0 aliphatic rings. The van der Waals surface area contributed by atoms with Gasteiger partial charge in [-0.05, 0) is 110 Å². The Kier molecular flexibility index (Phi) is 12.2. The Balaban J connectivity index is 1.33. The summed E-state index contributed by atoms with van der Waals surface area (Å²) >= 11 is 0. The first-order valence-electron chi connectivity index (χ1n) is 25.5. The van der Waals surface area contributed by atoms with Gasteiger partial charge in [0.15, 0.2) is 0 Å². The number of para-hydroxylation sites is 1. The molecule has 3 aromatic heterocycles. The molecule has 0 N–H and O–H groups in total. The van der Waals surface area contributed by atoms with Gasteiger partial charge in [0.1, 0.15) is 17.3 Å². The van der Waals surface area contributed by atoms with Gasteiger partial charge in [-0.3, -0.25) is 13.7 Å². The minimum absolute atomic E-state index is 0.0435. The van der Waals surface area contributed by atoms with Gasteiger partial charge in [0.25, 0.3) is 6.33 Å². The summed E-state index contributed by atoms with van der Waals surface area (Å²) in [7, 11) is 0. The highest BCUT2D eigenvalue weighted by atomic mass is 16.5. The molecule has 0 unspecified atom stereocenters. The van der Waals surface area contributed by atoms with Gasteiger partial charge >= 0.3 is 0 Å². The number of nitrogens with zero attached hydrogens (tertiary/aromatic N) is 4. The summed E-state index contributed by atoms with van der Waals surface area (Å²) in [5, 5.41) is 2.42. The SMILES string of the molecule is CC(C)(C)c1cc(Oc2cc(C(C)(C)C)c3c4ccccc4n(-c4cc(C(C)(C)C)ccn4)c3c2)cc(-n2[c-][n+](-c3cccc(C(C)(C)C)c3)c(C(C)(C)c3ccccc3)c2C(C)(C)c2ccccc2)c1. The molecule has 0 amide bonds. The standard InChI is InChI=1S/C66H74N4O/c1-61(2,3)46-30-25-31-49(36-46)68-43-69(60(66(15,16)45-28-21-18-22-29-45)59(68)65(13,14)44-26-19-17-20-27-44)50-37-48(63(7,8)9)38-51(40-50)71-52-41-54(64(10,11)12)58-53-32-23-24-33-55(53)70(56(58)42-52)57-39-47(34-35-67-57)62(4,5)6/h17-42H,1-16H3. The van der Waals surface area contributed by atoms with E-state index in [4.69, 9.17) is 9.72 Å². The van der Waals surface area contributed by atoms with E-state index < -0.39 is 10.8 Å². The van der Waals surface area contributed by atoms with Crippen molar-refractivity contribution in [1.29, 1.82) is 0 Å². The fourth-order valence-corrected chi connectivity index (χ4v) is 10.3. The van der Waals surface area contributed by atoms with Crippen LogP contribution in [0.2, 0.25) is 0 Å². The van der Waals surface area contributed by atoms with Crippen molar-refractivity contribution in [3.8, 4) is 28.7 Å². The summed E-state index contributed by atoms with van der Waals surface area (Å²) in [6, 6.07) is 55.3. The van der Waals surface area contributed by atoms with Crippen molar-refractivity contribution >= 4 is 21.8 Å². The lowest BCUT2D eigenvalue weighted by molar-refractivity contribution is -0.611. The molecule has 5 nitrogen and oxygen atoms in total. The first-order valence-corrected chi connectivity index (χ1v) is 25.5. The van der Waals surface area contributed by atoms with E-state index in [1.807, 2.05) is 6.20 Å². The molecule has 9 aromatic rings. The molecular weight excluding hydrogens is 865 g/mol. The first kappa shape index (κ1) is 49.3. The van der Waals surface area contributed by atoms with Gasteiger partial charge in [-0.25, -0.2) is 4.98 Å². The van der Waals surface area contributed by atoms with Crippen LogP contribution >= 0.6 is 0 Å². The number of hydrogen-bond donors (Lipinski definition) is 0. The van der Waals surface area contributed by atoms with Crippen LogP contribution in [0, 0.1) is 6.33 Å². The third-order valence-corrected chi connectivity index (χ3v) is 14.7. The maximum atomic E-state index is 7.34. The van der Waals surface area contributed by atoms with Gasteiger partial charge in [0.2, 0.25) is 0 Å². The predicted octanol–water partition coefficient (Wildman–Crippen LogP) is 16.7. The maximum absolute atomic E-state index is 7.34. The van der Waals surface area contributed by atoms with Crippen LogP contribution in [0.4, 0.5) is 0 Å². The van der Waals surface area contributed by atoms with Crippen LogP contribution in [0.15, 0.2) is 158 Å². The Morgan fingerprint density at radius 2 is 1.03 bits per heavy atom. The summed E-state index contributed by atoms with van der Waals surface area (Å²) in [4.78, 5) is 5.03. The van der Waals surface area contributed by atoms with Crippen molar-refractivity contribution in [1.82, 2.24) is 14.1 Å². The fraction of sp³-hybridized carbons (Fsp3) is 0.333. The molecule has 0 fully saturated rings. The van der Waals surface area contributed by atoms with Crippen molar-refractivity contribution in [2.75, 3.05) is 0 Å². The number of aromatic nitrogens is 4.